The second kappa shape index (κ2) is 15.6. The van der Waals surface area contributed by atoms with Crippen LogP contribution in [0.1, 0.15) is 101 Å². The number of rotatable bonds is 8. The fourth-order valence-corrected chi connectivity index (χ4v) is 11.0. The van der Waals surface area contributed by atoms with Crippen LogP contribution in [0.15, 0.2) is 158 Å². The fraction of sp³-hybridized carbons (Fsp3) is 0.194. The number of aromatic nitrogens is 4. The van der Waals surface area contributed by atoms with Gasteiger partial charge in [-0.05, 0) is 164 Å². The maximum Gasteiger partial charge on any atom is 0.146 e. The third-order valence-corrected chi connectivity index (χ3v) is 14.2. The molecule has 0 bridgehead atoms. The van der Waals surface area contributed by atoms with Crippen molar-refractivity contribution >= 4 is 76.7 Å². The first-order chi connectivity index (χ1) is 32.5. The summed E-state index contributed by atoms with van der Waals surface area (Å²) in [5, 5.41) is 6.75. The van der Waals surface area contributed by atoms with Gasteiger partial charge in [0.1, 0.15) is 22.8 Å². The molecule has 67 heavy (non-hydrogen) atoms. The molecule has 0 radical (unpaired) electrons. The van der Waals surface area contributed by atoms with Gasteiger partial charge in [-0.15, -0.1) is 0 Å². The molecule has 8 aromatic carbocycles. The highest BCUT2D eigenvalue weighted by atomic mass is 16.5. The van der Waals surface area contributed by atoms with Gasteiger partial charge in [0.15, 0.2) is 0 Å². The number of fused-ring (bicyclic) bond motifs is 16. The molecule has 0 N–H and O–H groups in total. The number of ether oxygens (including phenoxy) is 1. The molecular formula is C62H54N4O. The molecule has 5 nitrogen and oxygen atoms in total. The smallest absolute Gasteiger partial charge is 0.146 e. The molecule has 0 amide bonds. The van der Waals surface area contributed by atoms with Crippen LogP contribution in [0.25, 0.3) is 99.0 Å². The average Bonchev–Trinajstić information content (AvgIpc) is 3.93. The molecule has 0 saturated heterocycles. The standard InChI is InChI=1S/C62H54N4O/c1-35(2)43-15-13-16-44(36(3)4)59(43)39-23-29-55-49(31-39)47-27-25-41(33-51(47)61-63-53-19-9-11-21-57(53)65(55)61)67-42-26-28-48-50-32-40(60-45(37(5)6)17-14-18-46(60)38(7)8)24-30-56(50)66-58-22-12-10-20-54(58)64-62(66)52(48)34-42/h9-38H,1-8H3. The maximum atomic E-state index is 6.95. The zero-order valence-corrected chi connectivity index (χ0v) is 39.5. The van der Waals surface area contributed by atoms with E-state index in [4.69, 9.17) is 14.7 Å². The summed E-state index contributed by atoms with van der Waals surface area (Å²) in [4.78, 5) is 10.6. The first kappa shape index (κ1) is 41.0. The Morgan fingerprint density at radius 1 is 0.343 bits per heavy atom. The lowest BCUT2D eigenvalue weighted by Crippen LogP contribution is -2.00. The Balaban J connectivity index is 1.05. The van der Waals surface area contributed by atoms with Crippen LogP contribution in [-0.4, -0.2) is 18.8 Å². The van der Waals surface area contributed by atoms with Gasteiger partial charge in [0.05, 0.1) is 33.1 Å². The lowest BCUT2D eigenvalue weighted by Gasteiger charge is -2.21. The van der Waals surface area contributed by atoms with Crippen LogP contribution < -0.4 is 4.74 Å². The summed E-state index contributed by atoms with van der Waals surface area (Å²) >= 11 is 0. The Morgan fingerprint density at radius 3 is 1.12 bits per heavy atom. The molecule has 0 aliphatic carbocycles. The molecule has 12 aromatic rings. The van der Waals surface area contributed by atoms with E-state index in [1.165, 1.54) is 55.3 Å². The van der Waals surface area contributed by atoms with Gasteiger partial charge in [-0.3, -0.25) is 8.80 Å². The van der Waals surface area contributed by atoms with Crippen molar-refractivity contribution in [1.29, 1.82) is 0 Å². The van der Waals surface area contributed by atoms with Crippen LogP contribution in [0.5, 0.6) is 11.5 Å². The molecule has 4 aromatic heterocycles. The molecule has 0 unspecified atom stereocenters. The SMILES string of the molecule is CC(C)c1cccc(C(C)C)c1-c1ccc2c(c1)c1ccc(Oc3ccc4c5cc(-c6c(C(C)C)cccc6C(C)C)ccc5n5c6ccccc6nc5c4c3)cc1c1nc3ccccc3n21. The van der Waals surface area contributed by atoms with Gasteiger partial charge in [-0.25, -0.2) is 9.97 Å². The zero-order valence-electron chi connectivity index (χ0n) is 39.5. The van der Waals surface area contributed by atoms with Gasteiger partial charge in [0.2, 0.25) is 0 Å². The zero-order chi connectivity index (χ0) is 45.8. The Bertz CT molecular complexity index is 3670. The summed E-state index contributed by atoms with van der Waals surface area (Å²) in [7, 11) is 0. The lowest BCUT2D eigenvalue weighted by molar-refractivity contribution is 0.484. The first-order valence-electron chi connectivity index (χ1n) is 24.0. The molecule has 12 rings (SSSR count). The molecule has 0 spiro atoms. The van der Waals surface area contributed by atoms with Crippen LogP contribution >= 0.6 is 0 Å². The monoisotopic (exact) mass is 870 g/mol. The van der Waals surface area contributed by atoms with Crippen LogP contribution in [0.2, 0.25) is 0 Å². The summed E-state index contributed by atoms with van der Waals surface area (Å²) < 4.78 is 11.6. The predicted octanol–water partition coefficient (Wildman–Crippen LogP) is 17.5. The van der Waals surface area contributed by atoms with Crippen molar-refractivity contribution < 1.29 is 4.74 Å². The van der Waals surface area contributed by atoms with Crippen molar-refractivity contribution in [2.75, 3.05) is 0 Å². The summed E-state index contributed by atoms with van der Waals surface area (Å²) in [6, 6.07) is 57.6. The molecule has 0 aliphatic rings. The van der Waals surface area contributed by atoms with E-state index in [1.54, 1.807) is 0 Å². The van der Waals surface area contributed by atoms with Crippen LogP contribution in [-0.2, 0) is 0 Å². The Kier molecular flexibility index (Phi) is 9.51. The Hall–Kier alpha value is -7.50. The van der Waals surface area contributed by atoms with Crippen molar-refractivity contribution in [3.8, 4) is 33.8 Å². The van der Waals surface area contributed by atoms with E-state index in [0.29, 0.717) is 23.7 Å². The largest absolute Gasteiger partial charge is 0.457 e. The fourth-order valence-electron chi connectivity index (χ4n) is 11.0. The van der Waals surface area contributed by atoms with E-state index in [1.807, 2.05) is 0 Å². The number of hydrogen-bond donors (Lipinski definition) is 0. The van der Waals surface area contributed by atoms with Crippen molar-refractivity contribution in [3.05, 3.63) is 180 Å². The van der Waals surface area contributed by atoms with Gasteiger partial charge >= 0.3 is 0 Å². The molecule has 328 valence electrons. The minimum atomic E-state index is 0.390. The van der Waals surface area contributed by atoms with Crippen molar-refractivity contribution in [3.63, 3.8) is 0 Å². The van der Waals surface area contributed by atoms with E-state index >= 15 is 0 Å². The van der Waals surface area contributed by atoms with Gasteiger partial charge in [0, 0.05) is 21.5 Å². The van der Waals surface area contributed by atoms with E-state index in [9.17, 15) is 0 Å². The summed E-state index contributed by atoms with van der Waals surface area (Å²) in [5.41, 5.74) is 18.9. The van der Waals surface area contributed by atoms with E-state index in [-0.39, 0.29) is 0 Å². The van der Waals surface area contributed by atoms with Gasteiger partial charge in [0.25, 0.3) is 0 Å². The van der Waals surface area contributed by atoms with Gasteiger partial charge < -0.3 is 4.74 Å². The second-order valence-electron chi connectivity index (χ2n) is 19.7. The first-order valence-corrected chi connectivity index (χ1v) is 24.0. The highest BCUT2D eigenvalue weighted by Crippen LogP contribution is 2.44. The van der Waals surface area contributed by atoms with Gasteiger partial charge in [-0.1, -0.05) is 128 Å². The predicted molar refractivity (Wildman–Crippen MR) is 283 cm³/mol. The van der Waals surface area contributed by atoms with E-state index in [2.05, 4.69) is 222 Å². The molecule has 0 atom stereocenters. The molecule has 4 heterocycles. The maximum absolute atomic E-state index is 6.95. The second-order valence-corrected chi connectivity index (χ2v) is 19.7. The van der Waals surface area contributed by atoms with Crippen molar-refractivity contribution in [2.24, 2.45) is 0 Å². The average molecular weight is 871 g/mol. The minimum absolute atomic E-state index is 0.390. The molecular weight excluding hydrogens is 817 g/mol. The van der Waals surface area contributed by atoms with Crippen molar-refractivity contribution in [2.45, 2.75) is 79.1 Å². The minimum Gasteiger partial charge on any atom is -0.457 e. The third-order valence-electron chi connectivity index (χ3n) is 14.2. The summed E-state index contributed by atoms with van der Waals surface area (Å²) in [5.74, 6) is 3.06. The number of imidazole rings is 2. The highest BCUT2D eigenvalue weighted by molar-refractivity contribution is 6.16. The number of hydrogen-bond acceptors (Lipinski definition) is 3. The molecule has 5 heteroatoms. The molecule has 0 aliphatic heterocycles. The van der Waals surface area contributed by atoms with Crippen LogP contribution in [0, 0.1) is 0 Å². The molecule has 0 saturated carbocycles. The number of benzene rings is 8. The van der Waals surface area contributed by atoms with Crippen LogP contribution in [0.4, 0.5) is 0 Å². The number of nitrogens with zero attached hydrogens (tertiary/aromatic N) is 4. The van der Waals surface area contributed by atoms with E-state index in [0.717, 1.165) is 77.4 Å². The Morgan fingerprint density at radius 2 is 0.731 bits per heavy atom. The van der Waals surface area contributed by atoms with Gasteiger partial charge in [-0.2, -0.15) is 0 Å². The number of para-hydroxylation sites is 4. The van der Waals surface area contributed by atoms with Crippen molar-refractivity contribution in [1.82, 2.24) is 18.8 Å². The normalized spacial score (nSPS) is 12.4. The molecule has 0 fully saturated rings. The lowest BCUT2D eigenvalue weighted by atomic mass is 9.84. The topological polar surface area (TPSA) is 43.8 Å². The quantitative estimate of drug-likeness (QED) is 0.143. The van der Waals surface area contributed by atoms with Crippen LogP contribution in [0.3, 0.4) is 0 Å². The third kappa shape index (κ3) is 6.42. The Labute approximate surface area is 391 Å². The highest BCUT2D eigenvalue weighted by Gasteiger charge is 2.22. The van der Waals surface area contributed by atoms with E-state index < -0.39 is 0 Å². The number of pyridine rings is 2. The summed E-state index contributed by atoms with van der Waals surface area (Å²) in [6.45, 7) is 18.4. The summed E-state index contributed by atoms with van der Waals surface area (Å²) in [6.07, 6.45) is 0.